The molecule has 1 saturated heterocycles. The second-order valence-electron chi connectivity index (χ2n) is 7.27. The van der Waals surface area contributed by atoms with Crippen LogP contribution in [0.3, 0.4) is 0 Å². The average molecular weight is 433 g/mol. The van der Waals surface area contributed by atoms with Crippen molar-refractivity contribution in [2.24, 2.45) is 0 Å². The van der Waals surface area contributed by atoms with Gasteiger partial charge in [-0.05, 0) is 37.7 Å². The van der Waals surface area contributed by atoms with Gasteiger partial charge >= 0.3 is 0 Å². The maximum absolute atomic E-state index is 6.00. The first-order valence-corrected chi connectivity index (χ1v) is 10.8. The lowest BCUT2D eigenvalue weighted by atomic mass is 10.2. The zero-order valence-corrected chi connectivity index (χ0v) is 18.6. The molecule has 1 aliphatic rings. The summed E-state index contributed by atoms with van der Waals surface area (Å²) in [6.07, 6.45) is 4.68. The maximum atomic E-state index is 6.00. The quantitative estimate of drug-likeness (QED) is 0.388. The van der Waals surface area contributed by atoms with Gasteiger partial charge in [0.1, 0.15) is 6.61 Å². The van der Waals surface area contributed by atoms with E-state index < -0.39 is 0 Å². The summed E-state index contributed by atoms with van der Waals surface area (Å²) in [5, 5.41) is 10.4. The molecule has 164 valence electrons. The van der Waals surface area contributed by atoms with Crippen LogP contribution in [0.2, 0.25) is 0 Å². The second kappa shape index (κ2) is 11.7. The van der Waals surface area contributed by atoms with E-state index in [0.29, 0.717) is 11.7 Å². The number of hydrogen-bond acceptors (Lipinski definition) is 6. The van der Waals surface area contributed by atoms with Crippen LogP contribution in [-0.4, -0.2) is 72.5 Å². The standard InChI is InChI=1S/C21H32N6O2S/c1-17-15-23-16-27(17)9-3-6-24-21(30)25-18-4-5-19(28-2)20(14-18)29-13-12-26-10-7-22-8-11-26/h4-5,14-16,22H,3,6-13H2,1-2H3,(H2,24,25,30). The van der Waals surface area contributed by atoms with Crippen LogP contribution >= 0.6 is 12.2 Å². The van der Waals surface area contributed by atoms with E-state index in [1.807, 2.05) is 30.7 Å². The van der Waals surface area contributed by atoms with Crippen molar-refractivity contribution in [3.63, 3.8) is 0 Å². The van der Waals surface area contributed by atoms with Crippen LogP contribution in [0, 0.1) is 6.92 Å². The molecule has 1 aliphatic heterocycles. The Bertz CT molecular complexity index is 807. The molecule has 0 atom stereocenters. The Labute approximate surface area is 183 Å². The summed E-state index contributed by atoms with van der Waals surface area (Å²) in [5.41, 5.74) is 2.04. The second-order valence-corrected chi connectivity index (χ2v) is 7.68. The Balaban J connectivity index is 1.43. The molecule has 0 saturated carbocycles. The van der Waals surface area contributed by atoms with Gasteiger partial charge in [0.15, 0.2) is 16.6 Å². The number of piperazine rings is 1. The Morgan fingerprint density at radius 3 is 2.80 bits per heavy atom. The van der Waals surface area contributed by atoms with Crippen LogP contribution in [0.5, 0.6) is 11.5 Å². The van der Waals surface area contributed by atoms with Crippen LogP contribution in [0.1, 0.15) is 12.1 Å². The summed E-state index contributed by atoms with van der Waals surface area (Å²) in [4.78, 5) is 6.54. The highest BCUT2D eigenvalue weighted by Gasteiger charge is 2.11. The maximum Gasteiger partial charge on any atom is 0.170 e. The van der Waals surface area contributed by atoms with Gasteiger partial charge in [-0.15, -0.1) is 0 Å². The fourth-order valence-electron chi connectivity index (χ4n) is 3.33. The molecular weight excluding hydrogens is 400 g/mol. The molecule has 3 N–H and O–H groups in total. The number of methoxy groups -OCH3 is 1. The number of anilines is 1. The number of aromatic nitrogens is 2. The molecular formula is C21H32N6O2S. The number of thiocarbonyl (C=S) groups is 1. The zero-order valence-electron chi connectivity index (χ0n) is 17.8. The SMILES string of the molecule is COc1ccc(NC(=S)NCCCn2cncc2C)cc1OCCN1CCNCC1. The summed E-state index contributed by atoms with van der Waals surface area (Å²) >= 11 is 5.43. The third-order valence-corrected chi connectivity index (χ3v) is 5.32. The summed E-state index contributed by atoms with van der Waals surface area (Å²) < 4.78 is 13.6. The Morgan fingerprint density at radius 2 is 2.07 bits per heavy atom. The number of nitrogens with one attached hydrogen (secondary N) is 3. The summed E-state index contributed by atoms with van der Waals surface area (Å²) in [5.74, 6) is 1.44. The first-order valence-electron chi connectivity index (χ1n) is 10.4. The molecule has 3 rings (SSSR count). The minimum atomic E-state index is 0.592. The molecule has 2 heterocycles. The zero-order chi connectivity index (χ0) is 21.2. The number of ether oxygens (including phenoxy) is 2. The summed E-state index contributed by atoms with van der Waals surface area (Å²) in [6.45, 7) is 9.46. The molecule has 1 aromatic heterocycles. The molecule has 1 fully saturated rings. The van der Waals surface area contributed by atoms with Crippen molar-refractivity contribution in [2.75, 3.05) is 58.3 Å². The lowest BCUT2D eigenvalue weighted by Gasteiger charge is -2.27. The predicted octanol–water partition coefficient (Wildman–Crippen LogP) is 1.86. The van der Waals surface area contributed by atoms with Crippen molar-refractivity contribution in [2.45, 2.75) is 19.9 Å². The first kappa shape index (κ1) is 22.3. The Morgan fingerprint density at radius 1 is 1.23 bits per heavy atom. The van der Waals surface area contributed by atoms with Gasteiger partial charge in [-0.2, -0.15) is 0 Å². The number of hydrogen-bond donors (Lipinski definition) is 3. The van der Waals surface area contributed by atoms with Crippen molar-refractivity contribution >= 4 is 23.0 Å². The molecule has 9 heteroatoms. The van der Waals surface area contributed by atoms with Crippen molar-refractivity contribution < 1.29 is 9.47 Å². The van der Waals surface area contributed by atoms with E-state index >= 15 is 0 Å². The van der Waals surface area contributed by atoms with Crippen LogP contribution < -0.4 is 25.4 Å². The van der Waals surface area contributed by atoms with E-state index in [2.05, 4.69) is 37.3 Å². The Kier molecular flexibility index (Phi) is 8.73. The van der Waals surface area contributed by atoms with Gasteiger partial charge in [-0.25, -0.2) is 4.98 Å². The van der Waals surface area contributed by atoms with Crippen molar-refractivity contribution in [3.05, 3.63) is 36.4 Å². The Hall–Kier alpha value is -2.36. The molecule has 30 heavy (non-hydrogen) atoms. The molecule has 1 aromatic carbocycles. The summed E-state index contributed by atoms with van der Waals surface area (Å²) in [7, 11) is 1.65. The molecule has 0 unspecified atom stereocenters. The van der Waals surface area contributed by atoms with Gasteiger partial charge < -0.3 is 30.0 Å². The molecule has 0 aliphatic carbocycles. The fraction of sp³-hybridized carbons (Fsp3) is 0.524. The average Bonchev–Trinajstić information content (AvgIpc) is 3.17. The largest absolute Gasteiger partial charge is 0.493 e. The highest BCUT2D eigenvalue weighted by Crippen LogP contribution is 2.30. The fourth-order valence-corrected chi connectivity index (χ4v) is 3.55. The lowest BCUT2D eigenvalue weighted by Crippen LogP contribution is -2.44. The van der Waals surface area contributed by atoms with E-state index in [-0.39, 0.29) is 0 Å². The van der Waals surface area contributed by atoms with Gasteiger partial charge in [0.05, 0.1) is 13.4 Å². The highest BCUT2D eigenvalue weighted by molar-refractivity contribution is 7.80. The topological polar surface area (TPSA) is 75.6 Å². The smallest absolute Gasteiger partial charge is 0.170 e. The van der Waals surface area contributed by atoms with Crippen molar-refractivity contribution in [3.8, 4) is 11.5 Å². The van der Waals surface area contributed by atoms with E-state index in [4.69, 9.17) is 21.7 Å². The number of benzene rings is 1. The summed E-state index contributed by atoms with van der Waals surface area (Å²) in [6, 6.07) is 5.76. The molecule has 0 spiro atoms. The van der Waals surface area contributed by atoms with Crippen LogP contribution in [0.25, 0.3) is 0 Å². The van der Waals surface area contributed by atoms with Gasteiger partial charge in [-0.3, -0.25) is 4.90 Å². The first-order chi connectivity index (χ1) is 14.7. The molecule has 0 amide bonds. The van der Waals surface area contributed by atoms with Crippen molar-refractivity contribution in [1.82, 2.24) is 25.1 Å². The van der Waals surface area contributed by atoms with E-state index in [1.165, 1.54) is 5.69 Å². The number of aryl methyl sites for hydroxylation is 2. The highest BCUT2D eigenvalue weighted by atomic mass is 32.1. The van der Waals surface area contributed by atoms with Gasteiger partial charge in [0.2, 0.25) is 0 Å². The predicted molar refractivity (Wildman–Crippen MR) is 124 cm³/mol. The molecule has 2 aromatic rings. The van der Waals surface area contributed by atoms with Gasteiger partial charge in [0, 0.05) is 69.5 Å². The molecule has 8 nitrogen and oxygen atoms in total. The van der Waals surface area contributed by atoms with Crippen LogP contribution in [0.15, 0.2) is 30.7 Å². The van der Waals surface area contributed by atoms with Crippen LogP contribution in [-0.2, 0) is 6.54 Å². The third kappa shape index (κ3) is 6.86. The monoisotopic (exact) mass is 432 g/mol. The number of nitrogens with zero attached hydrogens (tertiary/aromatic N) is 3. The van der Waals surface area contributed by atoms with Crippen molar-refractivity contribution in [1.29, 1.82) is 0 Å². The number of imidazole rings is 1. The minimum absolute atomic E-state index is 0.592. The number of rotatable bonds is 10. The third-order valence-electron chi connectivity index (χ3n) is 5.08. The van der Waals surface area contributed by atoms with E-state index in [0.717, 1.165) is 69.4 Å². The molecule has 0 radical (unpaired) electrons. The van der Waals surface area contributed by atoms with Gasteiger partial charge in [0.25, 0.3) is 0 Å². The normalized spacial score (nSPS) is 14.3. The van der Waals surface area contributed by atoms with Crippen LogP contribution in [0.4, 0.5) is 5.69 Å². The molecule has 0 bridgehead atoms. The van der Waals surface area contributed by atoms with E-state index in [9.17, 15) is 0 Å². The van der Waals surface area contributed by atoms with E-state index in [1.54, 1.807) is 7.11 Å². The lowest BCUT2D eigenvalue weighted by molar-refractivity contribution is 0.188. The van der Waals surface area contributed by atoms with Gasteiger partial charge in [-0.1, -0.05) is 0 Å². The minimum Gasteiger partial charge on any atom is -0.493 e.